The first-order valence-corrected chi connectivity index (χ1v) is 9.96. The van der Waals surface area contributed by atoms with Crippen LogP contribution in [0.3, 0.4) is 0 Å². The molecule has 2 atom stereocenters. The first kappa shape index (κ1) is 16.6. The number of hydrogen-bond donors (Lipinski definition) is 3. The lowest BCUT2D eigenvalue weighted by Crippen LogP contribution is -2.23. The number of ether oxygens (including phenoxy) is 2. The maximum Gasteiger partial charge on any atom is 0.477 e. The van der Waals surface area contributed by atoms with Crippen molar-refractivity contribution < 1.29 is 37.6 Å². The predicted octanol–water partition coefficient (Wildman–Crippen LogP) is 1.47. The molecule has 1 aliphatic rings. The normalized spacial score (nSPS) is 24.7. The molecule has 0 amide bonds. The molecule has 0 aromatic rings. The minimum atomic E-state index is -4.96. The van der Waals surface area contributed by atoms with Gasteiger partial charge < -0.3 is 24.2 Å². The van der Waals surface area contributed by atoms with Gasteiger partial charge in [0.15, 0.2) is 6.29 Å². The van der Waals surface area contributed by atoms with E-state index in [4.69, 9.17) is 24.2 Å². The third kappa shape index (κ3) is 7.89. The Kier molecular flexibility index (Phi) is 6.81. The van der Waals surface area contributed by atoms with E-state index in [1.807, 2.05) is 0 Å². The summed E-state index contributed by atoms with van der Waals surface area (Å²) in [5.74, 6) is 0.0770. The Morgan fingerprint density at radius 2 is 2.00 bits per heavy atom. The molecule has 1 rings (SSSR count). The van der Waals surface area contributed by atoms with Gasteiger partial charge in [0.05, 0.1) is 6.61 Å². The summed E-state index contributed by atoms with van der Waals surface area (Å²) >= 11 is 0.410. The van der Waals surface area contributed by atoms with Crippen LogP contribution in [0.15, 0.2) is 0 Å². The van der Waals surface area contributed by atoms with Crippen LogP contribution < -0.4 is 0 Å². The molecule has 1 heterocycles. The minimum absolute atomic E-state index is 0.0770. The van der Waals surface area contributed by atoms with Crippen molar-refractivity contribution in [2.24, 2.45) is 0 Å². The van der Waals surface area contributed by atoms with Crippen molar-refractivity contribution in [1.82, 2.24) is 0 Å². The van der Waals surface area contributed by atoms with Crippen LogP contribution in [0.25, 0.3) is 0 Å². The fraction of sp³-hybridized carbons (Fsp3) is 1.00. The summed E-state index contributed by atoms with van der Waals surface area (Å²) in [5.41, 5.74) is 0. The molecule has 1 saturated heterocycles. The molecule has 0 radical (unpaired) electrons. The zero-order chi connectivity index (χ0) is 13.6. The van der Waals surface area contributed by atoms with Gasteiger partial charge in [-0.2, -0.15) is 4.31 Å². The Hall–Kier alpha value is 0.570. The average Bonchev–Trinajstić information content (AvgIpc) is 2.23. The van der Waals surface area contributed by atoms with E-state index in [1.165, 1.54) is 0 Å². The highest BCUT2D eigenvalue weighted by molar-refractivity contribution is 8.55. The van der Waals surface area contributed by atoms with Crippen LogP contribution in [-0.4, -0.2) is 39.9 Å². The van der Waals surface area contributed by atoms with Crippen LogP contribution in [0.1, 0.15) is 19.3 Å². The molecule has 0 bridgehead atoms. The van der Waals surface area contributed by atoms with Gasteiger partial charge in [0.1, 0.15) is 0 Å². The smallest absolute Gasteiger partial charge is 0.353 e. The van der Waals surface area contributed by atoms with Crippen molar-refractivity contribution in [2.75, 3.05) is 19.0 Å². The molecule has 0 aromatic heterocycles. The van der Waals surface area contributed by atoms with E-state index in [0.29, 0.717) is 18.0 Å². The van der Waals surface area contributed by atoms with Gasteiger partial charge in [-0.05, 0) is 30.6 Å². The SMILES string of the molecule is O=P(O)(O)OP(=O)(O)SCCOC1CCCCO1. The molecule has 3 N–H and O–H groups in total. The fourth-order valence-corrected chi connectivity index (χ4v) is 5.12. The summed E-state index contributed by atoms with van der Waals surface area (Å²) in [7, 11) is -4.96. The van der Waals surface area contributed by atoms with Gasteiger partial charge in [0.2, 0.25) is 0 Å². The lowest BCUT2D eigenvalue weighted by molar-refractivity contribution is -0.158. The van der Waals surface area contributed by atoms with E-state index in [0.717, 1.165) is 19.3 Å². The van der Waals surface area contributed by atoms with Crippen molar-refractivity contribution in [2.45, 2.75) is 25.6 Å². The summed E-state index contributed by atoms with van der Waals surface area (Å²) in [6.45, 7) is -3.57. The van der Waals surface area contributed by atoms with E-state index < -0.39 is 14.6 Å². The third-order valence-electron chi connectivity index (χ3n) is 1.99. The molecule has 18 heavy (non-hydrogen) atoms. The largest absolute Gasteiger partial charge is 0.477 e. The van der Waals surface area contributed by atoms with Crippen LogP contribution >= 0.6 is 26.0 Å². The highest BCUT2D eigenvalue weighted by Gasteiger charge is 2.31. The van der Waals surface area contributed by atoms with Crippen molar-refractivity contribution in [1.29, 1.82) is 0 Å². The molecular formula is C7H16O8P2S. The Bertz CT molecular complexity index is 338. The fourth-order valence-electron chi connectivity index (χ4n) is 1.33. The average molecular weight is 322 g/mol. The molecule has 1 fully saturated rings. The minimum Gasteiger partial charge on any atom is -0.353 e. The molecule has 0 spiro atoms. The highest BCUT2D eigenvalue weighted by Crippen LogP contribution is 2.64. The van der Waals surface area contributed by atoms with E-state index >= 15 is 0 Å². The monoisotopic (exact) mass is 322 g/mol. The first-order valence-electron chi connectivity index (χ1n) is 5.26. The molecule has 108 valence electrons. The Labute approximate surface area is 109 Å². The number of hydrogen-bond acceptors (Lipinski definition) is 6. The quantitative estimate of drug-likeness (QED) is 0.472. The van der Waals surface area contributed by atoms with Gasteiger partial charge in [-0.25, -0.2) is 9.13 Å². The Balaban J connectivity index is 2.16. The standard InChI is InChI=1S/C7H16O8P2S/c8-16(9,10)15-17(11,12)18-6-5-14-7-3-1-2-4-13-7/h7H,1-6H2,(H,11,12)(H2,8,9,10). The van der Waals surface area contributed by atoms with Gasteiger partial charge in [0, 0.05) is 12.4 Å². The van der Waals surface area contributed by atoms with Crippen LogP contribution in [-0.2, 0) is 22.9 Å². The predicted molar refractivity (Wildman–Crippen MR) is 65.0 cm³/mol. The van der Waals surface area contributed by atoms with Gasteiger partial charge >= 0.3 is 14.6 Å². The molecule has 1 aliphatic heterocycles. The van der Waals surface area contributed by atoms with Crippen LogP contribution in [0.2, 0.25) is 0 Å². The topological polar surface area (TPSA) is 123 Å². The van der Waals surface area contributed by atoms with Crippen LogP contribution in [0.5, 0.6) is 0 Å². The summed E-state index contributed by atoms with van der Waals surface area (Å²) < 4.78 is 35.9. The van der Waals surface area contributed by atoms with Crippen molar-refractivity contribution in [3.05, 3.63) is 0 Å². The first-order chi connectivity index (χ1) is 8.29. The van der Waals surface area contributed by atoms with Crippen LogP contribution in [0, 0.1) is 0 Å². The molecule has 0 aromatic carbocycles. The van der Waals surface area contributed by atoms with Crippen molar-refractivity contribution in [3.8, 4) is 0 Å². The van der Waals surface area contributed by atoms with Crippen molar-refractivity contribution >= 4 is 26.0 Å². The highest BCUT2D eigenvalue weighted by atomic mass is 32.7. The summed E-state index contributed by atoms with van der Waals surface area (Å²) in [6, 6.07) is 0. The van der Waals surface area contributed by atoms with Gasteiger partial charge in [-0.1, -0.05) is 0 Å². The maximum absolute atomic E-state index is 11.2. The zero-order valence-corrected chi connectivity index (χ0v) is 12.1. The molecule has 11 heteroatoms. The molecular weight excluding hydrogens is 306 g/mol. The second-order valence-corrected chi connectivity index (χ2v) is 8.94. The second-order valence-electron chi connectivity index (χ2n) is 3.54. The molecule has 0 aliphatic carbocycles. The van der Waals surface area contributed by atoms with E-state index in [2.05, 4.69) is 4.31 Å². The zero-order valence-electron chi connectivity index (χ0n) is 9.51. The second kappa shape index (κ2) is 7.38. The van der Waals surface area contributed by atoms with E-state index in [9.17, 15) is 9.13 Å². The summed E-state index contributed by atoms with van der Waals surface area (Å²) in [5, 5.41) is 0. The third-order valence-corrected chi connectivity index (χ3v) is 6.47. The molecule has 0 saturated carbocycles. The maximum atomic E-state index is 11.2. The van der Waals surface area contributed by atoms with Crippen LogP contribution in [0.4, 0.5) is 0 Å². The van der Waals surface area contributed by atoms with Gasteiger partial charge in [0.25, 0.3) is 0 Å². The van der Waals surface area contributed by atoms with E-state index in [-0.39, 0.29) is 18.6 Å². The van der Waals surface area contributed by atoms with Gasteiger partial charge in [-0.15, -0.1) is 0 Å². The Morgan fingerprint density at radius 3 is 2.56 bits per heavy atom. The van der Waals surface area contributed by atoms with Gasteiger partial charge in [-0.3, -0.25) is 0 Å². The number of rotatable bonds is 7. The summed E-state index contributed by atoms with van der Waals surface area (Å²) in [6.07, 6.45) is 2.48. The summed E-state index contributed by atoms with van der Waals surface area (Å²) in [4.78, 5) is 25.9. The Morgan fingerprint density at radius 1 is 1.28 bits per heavy atom. The lowest BCUT2D eigenvalue weighted by atomic mass is 10.2. The number of phosphoric acid groups is 1. The lowest BCUT2D eigenvalue weighted by Gasteiger charge is -2.22. The molecule has 8 nitrogen and oxygen atoms in total. The van der Waals surface area contributed by atoms with Crippen molar-refractivity contribution in [3.63, 3.8) is 0 Å². The molecule has 2 unspecified atom stereocenters. The van der Waals surface area contributed by atoms with E-state index in [1.54, 1.807) is 0 Å².